The number of amides is 2. The minimum atomic E-state index is -3.66. The molecule has 1 N–H and O–H groups in total. The summed E-state index contributed by atoms with van der Waals surface area (Å²) in [4.78, 5) is 28.7. The number of nitrogens with one attached hydrogen (secondary N) is 1. The van der Waals surface area contributed by atoms with E-state index < -0.39 is 21.8 Å². The molecule has 2 heterocycles. The van der Waals surface area contributed by atoms with Crippen LogP contribution < -0.4 is 10.2 Å². The van der Waals surface area contributed by atoms with Crippen molar-refractivity contribution in [2.24, 2.45) is 5.92 Å². The van der Waals surface area contributed by atoms with Crippen LogP contribution in [0.25, 0.3) is 0 Å². The van der Waals surface area contributed by atoms with Crippen molar-refractivity contribution in [1.29, 1.82) is 0 Å². The second-order valence-electron chi connectivity index (χ2n) is 8.37. The van der Waals surface area contributed by atoms with Crippen molar-refractivity contribution in [2.45, 2.75) is 11.3 Å². The summed E-state index contributed by atoms with van der Waals surface area (Å²) >= 11 is 5.90. The zero-order chi connectivity index (χ0) is 24.3. The largest absolute Gasteiger partial charge is 0.355 e. The Balaban J connectivity index is 1.21. The first-order valence-electron chi connectivity index (χ1n) is 11.1. The van der Waals surface area contributed by atoms with E-state index in [4.69, 9.17) is 11.6 Å². The Morgan fingerprint density at radius 1 is 1.03 bits per heavy atom. The highest BCUT2D eigenvalue weighted by Crippen LogP contribution is 2.26. The number of anilines is 1. The number of halogens is 2. The van der Waals surface area contributed by atoms with Gasteiger partial charge in [0.1, 0.15) is 5.82 Å². The Morgan fingerprint density at radius 2 is 1.68 bits per heavy atom. The molecular weight excluding hydrogens is 483 g/mol. The molecular formula is C23H26ClFN4O4S. The van der Waals surface area contributed by atoms with E-state index in [1.165, 1.54) is 16.4 Å². The molecule has 2 fully saturated rings. The van der Waals surface area contributed by atoms with Crippen molar-refractivity contribution >= 4 is 39.1 Å². The Hall–Kier alpha value is -2.53. The monoisotopic (exact) mass is 508 g/mol. The molecule has 0 bridgehead atoms. The predicted octanol–water partition coefficient (Wildman–Crippen LogP) is 1.95. The van der Waals surface area contributed by atoms with Gasteiger partial charge in [-0.25, -0.2) is 12.8 Å². The van der Waals surface area contributed by atoms with Crippen LogP contribution in [0, 0.1) is 11.7 Å². The minimum Gasteiger partial charge on any atom is -0.355 e. The van der Waals surface area contributed by atoms with E-state index in [2.05, 4.69) is 10.2 Å². The number of sulfonamides is 1. The summed E-state index contributed by atoms with van der Waals surface area (Å²) in [6, 6.07) is 11.8. The average Bonchev–Trinajstić information content (AvgIpc) is 3.22. The predicted molar refractivity (Wildman–Crippen MR) is 127 cm³/mol. The van der Waals surface area contributed by atoms with E-state index in [1.54, 1.807) is 29.2 Å². The Morgan fingerprint density at radius 3 is 2.32 bits per heavy atom. The molecule has 0 aromatic heterocycles. The third kappa shape index (κ3) is 5.57. The van der Waals surface area contributed by atoms with Gasteiger partial charge >= 0.3 is 0 Å². The van der Waals surface area contributed by atoms with Gasteiger partial charge in [0, 0.05) is 62.9 Å². The van der Waals surface area contributed by atoms with Crippen LogP contribution in [0.1, 0.15) is 6.42 Å². The maximum absolute atomic E-state index is 13.1. The normalized spacial score (nSPS) is 20.0. The van der Waals surface area contributed by atoms with E-state index in [9.17, 15) is 22.4 Å². The fourth-order valence-electron chi connectivity index (χ4n) is 4.18. The van der Waals surface area contributed by atoms with Crippen LogP contribution in [0.15, 0.2) is 53.4 Å². The number of piperazine rings is 1. The number of hydrogen-bond donors (Lipinski definition) is 1. The highest BCUT2D eigenvalue weighted by Gasteiger charge is 2.35. The summed E-state index contributed by atoms with van der Waals surface area (Å²) in [5.41, 5.74) is 0.721. The number of carbonyl (C=O) groups is 2. The van der Waals surface area contributed by atoms with Crippen molar-refractivity contribution < 1.29 is 22.4 Å². The number of rotatable bonds is 7. The van der Waals surface area contributed by atoms with Crippen molar-refractivity contribution in [2.75, 3.05) is 50.7 Å². The molecule has 2 aliphatic heterocycles. The quantitative estimate of drug-likeness (QED) is 0.617. The zero-order valence-electron chi connectivity index (χ0n) is 18.5. The summed E-state index contributed by atoms with van der Waals surface area (Å²) < 4.78 is 39.9. The highest BCUT2D eigenvalue weighted by atomic mass is 35.5. The van der Waals surface area contributed by atoms with Gasteiger partial charge in [-0.15, -0.1) is 0 Å². The van der Waals surface area contributed by atoms with Crippen molar-refractivity contribution in [3.63, 3.8) is 0 Å². The molecule has 2 aliphatic rings. The van der Waals surface area contributed by atoms with Crippen molar-refractivity contribution in [3.8, 4) is 0 Å². The Kier molecular flexibility index (Phi) is 7.51. The fourth-order valence-corrected chi connectivity index (χ4v) is 5.73. The van der Waals surface area contributed by atoms with Gasteiger partial charge in [-0.05, 0) is 48.5 Å². The number of hydrogen-bond acceptors (Lipinski definition) is 5. The molecule has 4 rings (SSSR count). The van der Waals surface area contributed by atoms with Crippen molar-refractivity contribution in [1.82, 2.24) is 14.5 Å². The van der Waals surface area contributed by atoms with Gasteiger partial charge < -0.3 is 10.2 Å². The van der Waals surface area contributed by atoms with E-state index in [0.29, 0.717) is 50.8 Å². The summed E-state index contributed by atoms with van der Waals surface area (Å²) in [5.74, 6) is -1.16. The van der Waals surface area contributed by atoms with Crippen molar-refractivity contribution in [3.05, 3.63) is 59.4 Å². The standard InChI is InChI=1S/C23H26ClFN4O4S/c24-18-1-5-20(6-2-18)29-16-17(15-22(29)30)23(31)26-9-10-27-11-13-28(14-12-27)34(32,33)21-7-3-19(25)4-8-21/h1-8,17H,9-16H2,(H,26,31). The second kappa shape index (κ2) is 10.4. The summed E-state index contributed by atoms with van der Waals surface area (Å²) in [6.07, 6.45) is 0.161. The molecule has 2 aromatic rings. The molecule has 8 nitrogen and oxygen atoms in total. The molecule has 0 radical (unpaired) electrons. The molecule has 0 aliphatic carbocycles. The molecule has 34 heavy (non-hydrogen) atoms. The maximum Gasteiger partial charge on any atom is 0.243 e. The number of carbonyl (C=O) groups excluding carboxylic acids is 2. The van der Waals surface area contributed by atoms with Crippen LogP contribution in [0.5, 0.6) is 0 Å². The molecule has 1 atom stereocenters. The van der Waals surface area contributed by atoms with E-state index in [1.807, 2.05) is 0 Å². The van der Waals surface area contributed by atoms with Gasteiger partial charge in [-0.2, -0.15) is 4.31 Å². The van der Waals surface area contributed by atoms with Crippen LogP contribution >= 0.6 is 11.6 Å². The first kappa shape index (κ1) is 24.6. The third-order valence-electron chi connectivity index (χ3n) is 6.14. The zero-order valence-corrected chi connectivity index (χ0v) is 20.1. The van der Waals surface area contributed by atoms with E-state index in [-0.39, 0.29) is 23.1 Å². The van der Waals surface area contributed by atoms with Gasteiger partial charge in [0.05, 0.1) is 10.8 Å². The summed E-state index contributed by atoms with van der Waals surface area (Å²) in [5, 5.41) is 3.48. The van der Waals surface area contributed by atoms with Gasteiger partial charge in [0.25, 0.3) is 0 Å². The van der Waals surface area contributed by atoms with Gasteiger partial charge in [0.2, 0.25) is 21.8 Å². The van der Waals surface area contributed by atoms with Crippen LogP contribution in [-0.4, -0.2) is 75.3 Å². The lowest BCUT2D eigenvalue weighted by Gasteiger charge is -2.34. The van der Waals surface area contributed by atoms with Crippen LogP contribution in [0.4, 0.5) is 10.1 Å². The number of nitrogens with zero attached hydrogens (tertiary/aromatic N) is 3. The molecule has 182 valence electrons. The van der Waals surface area contributed by atoms with E-state index >= 15 is 0 Å². The second-order valence-corrected chi connectivity index (χ2v) is 10.7. The van der Waals surface area contributed by atoms with Gasteiger partial charge in [0.15, 0.2) is 0 Å². The van der Waals surface area contributed by atoms with Crippen LogP contribution in [0.3, 0.4) is 0 Å². The SMILES string of the molecule is O=C(NCCN1CCN(S(=O)(=O)c2ccc(F)cc2)CC1)C1CC(=O)N(c2ccc(Cl)cc2)C1. The number of benzene rings is 2. The smallest absolute Gasteiger partial charge is 0.243 e. The molecule has 1 unspecified atom stereocenters. The van der Waals surface area contributed by atoms with E-state index in [0.717, 1.165) is 17.8 Å². The fraction of sp³-hybridized carbons (Fsp3) is 0.391. The lowest BCUT2D eigenvalue weighted by Crippen LogP contribution is -2.50. The van der Waals surface area contributed by atoms with Crippen LogP contribution in [-0.2, 0) is 19.6 Å². The molecule has 2 amide bonds. The molecule has 0 spiro atoms. The summed E-state index contributed by atoms with van der Waals surface area (Å²) in [6.45, 7) is 3.02. The molecule has 0 saturated carbocycles. The maximum atomic E-state index is 13.1. The average molecular weight is 509 g/mol. The summed E-state index contributed by atoms with van der Waals surface area (Å²) in [7, 11) is -3.66. The van der Waals surface area contributed by atoms with Gasteiger partial charge in [-0.3, -0.25) is 14.5 Å². The van der Waals surface area contributed by atoms with Gasteiger partial charge in [-0.1, -0.05) is 11.6 Å². The Labute approximate surface area is 203 Å². The molecule has 11 heteroatoms. The lowest BCUT2D eigenvalue weighted by atomic mass is 10.1. The molecule has 2 saturated heterocycles. The Bertz CT molecular complexity index is 1140. The minimum absolute atomic E-state index is 0.0772. The molecule has 2 aromatic carbocycles. The van der Waals surface area contributed by atoms with Crippen LogP contribution in [0.2, 0.25) is 5.02 Å². The lowest BCUT2D eigenvalue weighted by molar-refractivity contribution is -0.126. The third-order valence-corrected chi connectivity index (χ3v) is 8.31. The topological polar surface area (TPSA) is 90.0 Å². The first-order chi connectivity index (χ1) is 16.2. The highest BCUT2D eigenvalue weighted by molar-refractivity contribution is 7.89. The first-order valence-corrected chi connectivity index (χ1v) is 12.9.